The molecule has 8 nitrogen and oxygen atoms in total. The van der Waals surface area contributed by atoms with Crippen molar-refractivity contribution in [2.45, 2.75) is 38.9 Å². The van der Waals surface area contributed by atoms with Crippen molar-refractivity contribution >= 4 is 22.2 Å². The first-order chi connectivity index (χ1) is 10.3. The van der Waals surface area contributed by atoms with Crippen LogP contribution in [-0.4, -0.2) is 44.5 Å². The highest BCUT2D eigenvalue weighted by molar-refractivity contribution is 7.81. The van der Waals surface area contributed by atoms with Gasteiger partial charge in [0.2, 0.25) is 11.8 Å². The van der Waals surface area contributed by atoms with E-state index in [4.69, 9.17) is 8.37 Å². The fourth-order valence-electron chi connectivity index (χ4n) is 1.37. The minimum atomic E-state index is -4.36. The molecule has 0 fully saturated rings. The van der Waals surface area contributed by atoms with Crippen molar-refractivity contribution in [3.8, 4) is 0 Å². The summed E-state index contributed by atoms with van der Waals surface area (Å²) in [5.41, 5.74) is -2.45. The molecule has 0 saturated carbocycles. The molecule has 2 N–H and O–H groups in total. The Kier molecular flexibility index (Phi) is 7.62. The lowest BCUT2D eigenvalue weighted by molar-refractivity contribution is -0.117. The minimum Gasteiger partial charge on any atom is -0.350 e. The molecule has 0 aliphatic heterocycles. The van der Waals surface area contributed by atoms with Crippen molar-refractivity contribution in [2.24, 2.45) is 0 Å². The Hall–Kier alpha value is -1.71. The largest absolute Gasteiger partial charge is 0.401 e. The molecular weight excluding hydrogens is 324 g/mol. The molecule has 0 aliphatic rings. The van der Waals surface area contributed by atoms with E-state index in [0.717, 1.165) is 12.2 Å². The van der Waals surface area contributed by atoms with Crippen molar-refractivity contribution in [3.05, 3.63) is 25.3 Å². The van der Waals surface area contributed by atoms with Crippen molar-refractivity contribution < 1.29 is 26.4 Å². The zero-order valence-corrected chi connectivity index (χ0v) is 14.7. The molecule has 0 heterocycles. The number of carbonyl (C=O) groups is 2. The minimum absolute atomic E-state index is 0.0614. The van der Waals surface area contributed by atoms with Gasteiger partial charge >= 0.3 is 10.4 Å². The van der Waals surface area contributed by atoms with Crippen LogP contribution in [-0.2, 0) is 28.4 Å². The summed E-state index contributed by atoms with van der Waals surface area (Å²) in [6.07, 6.45) is 2.12. The molecular formula is C14H24N2O6S. The van der Waals surface area contributed by atoms with Gasteiger partial charge in [0.15, 0.2) is 0 Å². The van der Waals surface area contributed by atoms with E-state index in [1.54, 1.807) is 0 Å². The van der Waals surface area contributed by atoms with Gasteiger partial charge in [0.05, 0.1) is 0 Å². The Labute approximate surface area is 137 Å². The monoisotopic (exact) mass is 348 g/mol. The summed E-state index contributed by atoms with van der Waals surface area (Å²) in [5.74, 6) is -0.903. The Morgan fingerprint density at radius 1 is 0.913 bits per heavy atom. The van der Waals surface area contributed by atoms with Crippen molar-refractivity contribution in [1.82, 2.24) is 10.6 Å². The Morgan fingerprint density at radius 3 is 1.48 bits per heavy atom. The van der Waals surface area contributed by atoms with E-state index in [1.807, 2.05) is 0 Å². The first-order valence-electron chi connectivity index (χ1n) is 6.79. The zero-order valence-electron chi connectivity index (χ0n) is 13.8. The second kappa shape index (κ2) is 8.23. The molecule has 0 rings (SSSR count). The van der Waals surface area contributed by atoms with E-state index in [2.05, 4.69) is 23.8 Å². The maximum atomic E-state index is 12.0. The van der Waals surface area contributed by atoms with E-state index in [9.17, 15) is 18.0 Å². The van der Waals surface area contributed by atoms with Gasteiger partial charge in [-0.1, -0.05) is 13.2 Å². The van der Waals surface area contributed by atoms with Crippen LogP contribution in [0.3, 0.4) is 0 Å². The van der Waals surface area contributed by atoms with Gasteiger partial charge in [-0.15, -0.1) is 0 Å². The maximum Gasteiger partial charge on any atom is 0.401 e. The lowest BCUT2D eigenvalue weighted by atomic mass is 10.1. The molecule has 132 valence electrons. The van der Waals surface area contributed by atoms with Crippen LogP contribution in [0.2, 0.25) is 0 Å². The van der Waals surface area contributed by atoms with Gasteiger partial charge in [0.1, 0.15) is 11.2 Å². The van der Waals surface area contributed by atoms with Crippen molar-refractivity contribution in [1.29, 1.82) is 0 Å². The van der Waals surface area contributed by atoms with Gasteiger partial charge in [-0.3, -0.25) is 9.59 Å². The summed E-state index contributed by atoms with van der Waals surface area (Å²) < 4.78 is 33.9. The van der Waals surface area contributed by atoms with Crippen LogP contribution in [0.4, 0.5) is 0 Å². The highest BCUT2D eigenvalue weighted by atomic mass is 32.3. The van der Waals surface area contributed by atoms with E-state index in [1.165, 1.54) is 27.7 Å². The lowest BCUT2D eigenvalue weighted by Gasteiger charge is -2.28. The summed E-state index contributed by atoms with van der Waals surface area (Å²) >= 11 is 0. The van der Waals surface area contributed by atoms with Crippen LogP contribution in [0.25, 0.3) is 0 Å². The Morgan fingerprint density at radius 2 is 1.22 bits per heavy atom. The Balaban J connectivity index is 4.72. The predicted octanol–water partition coefficient (Wildman–Crippen LogP) is 0.426. The second-order valence-electron chi connectivity index (χ2n) is 5.94. The van der Waals surface area contributed by atoms with Gasteiger partial charge in [0, 0.05) is 13.1 Å². The highest BCUT2D eigenvalue weighted by Gasteiger charge is 2.33. The smallest absolute Gasteiger partial charge is 0.350 e. The highest BCUT2D eigenvalue weighted by Crippen LogP contribution is 2.19. The number of carbonyl (C=O) groups excluding carboxylic acids is 2. The second-order valence-corrected chi connectivity index (χ2v) is 7.09. The molecule has 0 aromatic rings. The topological polar surface area (TPSA) is 111 Å². The third-order valence-corrected chi connectivity index (χ3v) is 3.71. The fourth-order valence-corrected chi connectivity index (χ4v) is 2.63. The fraction of sp³-hybridized carbons (Fsp3) is 0.571. The molecule has 0 radical (unpaired) electrons. The van der Waals surface area contributed by atoms with Gasteiger partial charge in [-0.25, -0.2) is 8.37 Å². The van der Waals surface area contributed by atoms with E-state index in [-0.39, 0.29) is 13.1 Å². The molecule has 0 bridgehead atoms. The van der Waals surface area contributed by atoms with Crippen LogP contribution >= 0.6 is 0 Å². The van der Waals surface area contributed by atoms with Crippen LogP contribution in [0.1, 0.15) is 27.7 Å². The standard InChI is InChI=1S/C14H24N2O6S/c1-7-11(17)15-9-13(3,4)21-23(19,20)22-14(5,6)10-16-12(18)8-2/h7-8H,1-2,9-10H2,3-6H3,(H,15,17)(H,16,18). The number of hydrogen-bond acceptors (Lipinski definition) is 6. The molecule has 0 aromatic carbocycles. The van der Waals surface area contributed by atoms with Crippen molar-refractivity contribution in [2.75, 3.05) is 13.1 Å². The van der Waals surface area contributed by atoms with Crippen LogP contribution in [0.15, 0.2) is 25.3 Å². The number of hydrogen-bond donors (Lipinski definition) is 2. The molecule has 0 aromatic heterocycles. The molecule has 0 saturated heterocycles. The Bertz CT molecular complexity index is 522. The third-order valence-electron chi connectivity index (χ3n) is 2.40. The first-order valence-corrected chi connectivity index (χ1v) is 8.12. The summed E-state index contributed by atoms with van der Waals surface area (Å²) in [4.78, 5) is 22.2. The van der Waals surface area contributed by atoms with E-state index < -0.39 is 33.4 Å². The third kappa shape index (κ3) is 9.82. The average Bonchev–Trinajstić information content (AvgIpc) is 2.39. The normalized spacial score (nSPS) is 12.3. The van der Waals surface area contributed by atoms with Gasteiger partial charge in [-0.2, -0.15) is 8.42 Å². The molecule has 9 heteroatoms. The quantitative estimate of drug-likeness (QED) is 0.554. The average molecular weight is 348 g/mol. The van der Waals surface area contributed by atoms with Crippen molar-refractivity contribution in [3.63, 3.8) is 0 Å². The van der Waals surface area contributed by atoms with Gasteiger partial charge in [0.25, 0.3) is 0 Å². The molecule has 23 heavy (non-hydrogen) atoms. The molecule has 0 atom stereocenters. The lowest BCUT2D eigenvalue weighted by Crippen LogP contribution is -2.45. The summed E-state index contributed by atoms with van der Waals surface area (Å²) in [6.45, 7) is 12.4. The zero-order chi connectivity index (χ0) is 18.3. The number of rotatable bonds is 10. The number of amides is 2. The van der Waals surface area contributed by atoms with Gasteiger partial charge < -0.3 is 10.6 Å². The molecule has 0 aliphatic carbocycles. The summed E-state index contributed by atoms with van der Waals surface area (Å²) in [6, 6.07) is 0. The summed E-state index contributed by atoms with van der Waals surface area (Å²) in [7, 11) is -4.36. The molecule has 0 unspecified atom stereocenters. The number of nitrogens with one attached hydrogen (secondary N) is 2. The van der Waals surface area contributed by atoms with Crippen LogP contribution < -0.4 is 10.6 Å². The van der Waals surface area contributed by atoms with E-state index >= 15 is 0 Å². The van der Waals surface area contributed by atoms with Gasteiger partial charge in [-0.05, 0) is 39.8 Å². The van der Waals surface area contributed by atoms with E-state index in [0.29, 0.717) is 0 Å². The summed E-state index contributed by atoms with van der Waals surface area (Å²) in [5, 5.41) is 4.87. The van der Waals surface area contributed by atoms with Crippen LogP contribution in [0, 0.1) is 0 Å². The predicted molar refractivity (Wildman–Crippen MR) is 85.7 cm³/mol. The first kappa shape index (κ1) is 21.3. The SMILES string of the molecule is C=CC(=O)NCC(C)(C)OS(=O)(=O)OC(C)(C)CNC(=O)C=C. The molecule has 2 amide bonds. The van der Waals surface area contributed by atoms with Crippen LogP contribution in [0.5, 0.6) is 0 Å². The maximum absolute atomic E-state index is 12.0. The molecule has 0 spiro atoms.